The summed E-state index contributed by atoms with van der Waals surface area (Å²) in [5.41, 5.74) is -0.266. The van der Waals surface area contributed by atoms with Gasteiger partial charge in [0.1, 0.15) is 22.9 Å². The maximum atomic E-state index is 14.2. The number of allylic oxidation sites excluding steroid dienone is 1. The van der Waals surface area contributed by atoms with Crippen LogP contribution in [0.25, 0.3) is 0 Å². The predicted molar refractivity (Wildman–Crippen MR) is 127 cm³/mol. The van der Waals surface area contributed by atoms with E-state index in [0.29, 0.717) is 12.1 Å². The van der Waals surface area contributed by atoms with Gasteiger partial charge >= 0.3 is 6.18 Å². The van der Waals surface area contributed by atoms with E-state index in [2.05, 4.69) is 11.6 Å². The summed E-state index contributed by atoms with van der Waals surface area (Å²) in [6, 6.07) is 9.76. The van der Waals surface area contributed by atoms with E-state index in [4.69, 9.17) is 10.00 Å². The summed E-state index contributed by atoms with van der Waals surface area (Å²) in [6.07, 6.45) is -3.63. The number of ketones is 1. The highest BCUT2D eigenvalue weighted by Crippen LogP contribution is 2.38. The third kappa shape index (κ3) is 6.50. The molecule has 0 aliphatic heterocycles. The zero-order valence-corrected chi connectivity index (χ0v) is 20.0. The maximum absolute atomic E-state index is 14.2. The van der Waals surface area contributed by atoms with Gasteiger partial charge in [-0.25, -0.2) is 13.8 Å². The van der Waals surface area contributed by atoms with E-state index in [0.717, 1.165) is 24.4 Å². The van der Waals surface area contributed by atoms with E-state index < -0.39 is 35.0 Å². The number of carbonyl (C=O) groups excluding carboxylic acids is 1. The molecule has 0 amide bonds. The average Bonchev–Trinajstić information content (AvgIpc) is 2.85. The van der Waals surface area contributed by atoms with Crippen LogP contribution in [0.3, 0.4) is 0 Å². The van der Waals surface area contributed by atoms with Gasteiger partial charge < -0.3 is 9.64 Å². The average molecular weight is 515 g/mol. The van der Waals surface area contributed by atoms with Gasteiger partial charge in [-0.15, -0.1) is 0 Å². The zero-order valence-electron chi connectivity index (χ0n) is 20.0. The van der Waals surface area contributed by atoms with Gasteiger partial charge in [0, 0.05) is 42.7 Å². The molecule has 1 heterocycles. The molecule has 0 fully saturated rings. The van der Waals surface area contributed by atoms with Crippen molar-refractivity contribution in [1.29, 1.82) is 5.26 Å². The number of pyridine rings is 1. The second-order valence-corrected chi connectivity index (χ2v) is 8.19. The van der Waals surface area contributed by atoms with Crippen molar-refractivity contribution in [2.75, 3.05) is 11.9 Å². The van der Waals surface area contributed by atoms with Crippen molar-refractivity contribution in [1.82, 2.24) is 4.98 Å². The lowest BCUT2D eigenvalue weighted by molar-refractivity contribution is -0.138. The van der Waals surface area contributed by atoms with Gasteiger partial charge in [-0.1, -0.05) is 19.6 Å². The highest BCUT2D eigenvalue weighted by Gasteiger charge is 2.36. The quantitative estimate of drug-likeness (QED) is 0.174. The third-order valence-electron chi connectivity index (χ3n) is 5.51. The Morgan fingerprint density at radius 1 is 1.16 bits per heavy atom. The van der Waals surface area contributed by atoms with Crippen molar-refractivity contribution < 1.29 is 31.5 Å². The van der Waals surface area contributed by atoms with Gasteiger partial charge in [0.15, 0.2) is 5.78 Å². The van der Waals surface area contributed by atoms with E-state index in [1.54, 1.807) is 24.9 Å². The molecule has 0 aliphatic carbocycles. The molecular formula is C27H22F5N3O2. The first-order valence-electron chi connectivity index (χ1n) is 11.1. The first-order chi connectivity index (χ1) is 17.4. The topological polar surface area (TPSA) is 66.2 Å². The number of aromatic nitrogens is 1. The number of anilines is 1. The van der Waals surface area contributed by atoms with E-state index in [1.165, 1.54) is 24.3 Å². The van der Waals surface area contributed by atoms with E-state index in [-0.39, 0.29) is 41.0 Å². The highest BCUT2D eigenvalue weighted by atomic mass is 19.4. The number of hydrogen-bond acceptors (Lipinski definition) is 5. The van der Waals surface area contributed by atoms with E-state index in [9.17, 15) is 26.7 Å². The Morgan fingerprint density at radius 3 is 2.51 bits per heavy atom. The number of halogens is 5. The minimum Gasteiger partial charge on any atom is -0.438 e. The maximum Gasteiger partial charge on any atom is 0.421 e. The Hall–Kier alpha value is -4.26. The van der Waals surface area contributed by atoms with Crippen molar-refractivity contribution in [2.24, 2.45) is 0 Å². The Balaban J connectivity index is 2.02. The van der Waals surface area contributed by atoms with Crippen LogP contribution >= 0.6 is 0 Å². The lowest BCUT2D eigenvalue weighted by Crippen LogP contribution is -2.20. The molecule has 0 bridgehead atoms. The van der Waals surface area contributed by atoms with Crippen LogP contribution in [0, 0.1) is 23.0 Å². The van der Waals surface area contributed by atoms with Crippen LogP contribution < -0.4 is 9.64 Å². The van der Waals surface area contributed by atoms with Crippen molar-refractivity contribution >= 4 is 11.5 Å². The normalized spacial score (nSPS) is 11.1. The smallest absolute Gasteiger partial charge is 0.421 e. The number of Topliss-reactive ketones (excluding diaryl/α,β-unsaturated/α-hetero) is 1. The lowest BCUT2D eigenvalue weighted by Gasteiger charge is -2.23. The van der Waals surface area contributed by atoms with Gasteiger partial charge in [0.2, 0.25) is 5.88 Å². The summed E-state index contributed by atoms with van der Waals surface area (Å²) in [6.45, 7) is 5.45. The molecule has 0 radical (unpaired) electrons. The summed E-state index contributed by atoms with van der Waals surface area (Å²) < 4.78 is 73.8. The number of nitrogens with zero attached hydrogens (tertiary/aromatic N) is 3. The lowest BCUT2D eigenvalue weighted by atomic mass is 10.00. The van der Waals surface area contributed by atoms with Gasteiger partial charge in [-0.3, -0.25) is 4.79 Å². The van der Waals surface area contributed by atoms with Crippen molar-refractivity contribution in [3.8, 4) is 17.7 Å². The Morgan fingerprint density at radius 2 is 1.89 bits per heavy atom. The second kappa shape index (κ2) is 11.2. The van der Waals surface area contributed by atoms with Crippen molar-refractivity contribution in [3.05, 3.63) is 94.7 Å². The zero-order chi connectivity index (χ0) is 27.3. The van der Waals surface area contributed by atoms with Gasteiger partial charge in [0.05, 0.1) is 12.5 Å². The minimum absolute atomic E-state index is 0.0225. The molecule has 0 saturated heterocycles. The third-order valence-corrected chi connectivity index (χ3v) is 5.51. The highest BCUT2D eigenvalue weighted by molar-refractivity contribution is 6.12. The number of nitriles is 1. The summed E-state index contributed by atoms with van der Waals surface area (Å²) in [4.78, 5) is 18.4. The number of benzene rings is 2. The Kier molecular flexibility index (Phi) is 8.28. The molecule has 192 valence electrons. The van der Waals surface area contributed by atoms with Crippen LogP contribution in [0.15, 0.2) is 60.8 Å². The SMILES string of the molecule is C=C(CC)C(=O)c1cc(Oc2ncc(CC#N)cc2C(F)(F)F)ccc1N(C)Cc1ccc(F)cc1F. The number of alkyl halides is 3. The first kappa shape index (κ1) is 27.3. The molecule has 0 spiro atoms. The molecule has 0 N–H and O–H groups in total. The number of hydrogen-bond donors (Lipinski definition) is 0. The predicted octanol–water partition coefficient (Wildman–Crippen LogP) is 7.02. The number of carbonyl (C=O) groups is 1. The number of rotatable bonds is 9. The fraction of sp³-hybridized carbons (Fsp3) is 0.222. The Labute approximate surface area is 210 Å². The summed E-state index contributed by atoms with van der Waals surface area (Å²) in [5.74, 6) is -2.79. The standard InChI is InChI=1S/C27H22F5N3O2/c1-4-16(2)25(36)21-13-20(37-26-22(27(30,31)32)11-17(9-10-33)14-34-26)7-8-24(21)35(3)15-18-5-6-19(28)12-23(18)29/h5-8,11-14H,2,4,9,15H2,1,3H3. The minimum atomic E-state index is -4.80. The molecule has 0 unspecified atom stereocenters. The monoisotopic (exact) mass is 515 g/mol. The molecule has 0 aliphatic rings. The van der Waals surface area contributed by atoms with Crippen molar-refractivity contribution in [2.45, 2.75) is 32.5 Å². The van der Waals surface area contributed by atoms with E-state index >= 15 is 0 Å². The van der Waals surface area contributed by atoms with Crippen LogP contribution in [0.1, 0.15) is 40.4 Å². The largest absolute Gasteiger partial charge is 0.438 e. The van der Waals surface area contributed by atoms with Crippen LogP contribution in [0.4, 0.5) is 27.6 Å². The molecule has 3 rings (SSSR count). The van der Waals surface area contributed by atoms with Crippen LogP contribution in [0.2, 0.25) is 0 Å². The summed E-state index contributed by atoms with van der Waals surface area (Å²) >= 11 is 0. The van der Waals surface area contributed by atoms with E-state index in [1.807, 2.05) is 0 Å². The summed E-state index contributed by atoms with van der Waals surface area (Å²) in [5, 5.41) is 8.79. The fourth-order valence-corrected chi connectivity index (χ4v) is 3.51. The second-order valence-electron chi connectivity index (χ2n) is 8.19. The molecule has 3 aromatic rings. The molecule has 1 aromatic heterocycles. The van der Waals surface area contributed by atoms with Crippen molar-refractivity contribution in [3.63, 3.8) is 0 Å². The fourth-order valence-electron chi connectivity index (χ4n) is 3.51. The number of ether oxygens (including phenoxy) is 1. The first-order valence-corrected chi connectivity index (χ1v) is 11.1. The van der Waals surface area contributed by atoms with Crippen LogP contribution in [0.5, 0.6) is 11.6 Å². The molecular weight excluding hydrogens is 493 g/mol. The molecule has 0 atom stereocenters. The van der Waals surface area contributed by atoms with Gasteiger partial charge in [-0.2, -0.15) is 18.4 Å². The molecule has 10 heteroatoms. The van der Waals surface area contributed by atoms with Crippen LogP contribution in [-0.2, 0) is 19.1 Å². The molecule has 0 saturated carbocycles. The molecule has 37 heavy (non-hydrogen) atoms. The van der Waals surface area contributed by atoms with Gasteiger partial charge in [-0.05, 0) is 47.9 Å². The molecule has 2 aromatic carbocycles. The van der Waals surface area contributed by atoms with Crippen LogP contribution in [-0.4, -0.2) is 17.8 Å². The van der Waals surface area contributed by atoms with Gasteiger partial charge in [0.25, 0.3) is 0 Å². The summed E-state index contributed by atoms with van der Waals surface area (Å²) in [7, 11) is 1.58. The Bertz CT molecular complexity index is 1380. The molecule has 5 nitrogen and oxygen atoms in total.